The van der Waals surface area contributed by atoms with Gasteiger partial charge in [-0.15, -0.1) is 0 Å². The van der Waals surface area contributed by atoms with Gasteiger partial charge in [0.25, 0.3) is 0 Å². The molecule has 3 rings (SSSR count). The van der Waals surface area contributed by atoms with E-state index in [1.54, 1.807) is 35.2 Å². The Balaban J connectivity index is 1.60. The van der Waals surface area contributed by atoms with Gasteiger partial charge in [-0.2, -0.15) is 0 Å². The van der Waals surface area contributed by atoms with Crippen LogP contribution in [0.2, 0.25) is 0 Å². The van der Waals surface area contributed by atoms with Crippen molar-refractivity contribution in [3.63, 3.8) is 0 Å². The van der Waals surface area contributed by atoms with Crippen molar-refractivity contribution in [3.05, 3.63) is 60.1 Å². The zero-order chi connectivity index (χ0) is 18.4. The number of morpholine rings is 1. The molecule has 1 aromatic carbocycles. The molecule has 0 bridgehead atoms. The highest BCUT2D eigenvalue weighted by atomic mass is 32.2. The van der Waals surface area contributed by atoms with Crippen molar-refractivity contribution in [2.24, 2.45) is 0 Å². The average Bonchev–Trinajstić information content (AvgIpc) is 3.19. The molecule has 1 amide bonds. The largest absolute Gasteiger partial charge is 0.468 e. The van der Waals surface area contributed by atoms with Crippen LogP contribution < -0.4 is 4.72 Å². The minimum atomic E-state index is -3.62. The number of ether oxygens (including phenoxy) is 1. The molecule has 1 fully saturated rings. The second kappa shape index (κ2) is 8.31. The van der Waals surface area contributed by atoms with Crippen LogP contribution in [0.1, 0.15) is 11.3 Å². The summed E-state index contributed by atoms with van der Waals surface area (Å²) in [5.41, 5.74) is 0.747. The fourth-order valence-electron chi connectivity index (χ4n) is 2.48. The SMILES string of the molecule is O=C(/C=C/c1ccc(S(=O)(=O)NCc2ccco2)cc1)N1CCOCC1. The van der Waals surface area contributed by atoms with Crippen LogP contribution >= 0.6 is 0 Å². The number of carbonyl (C=O) groups excluding carboxylic acids is 1. The van der Waals surface area contributed by atoms with Gasteiger partial charge in [-0.1, -0.05) is 12.1 Å². The van der Waals surface area contributed by atoms with E-state index in [9.17, 15) is 13.2 Å². The summed E-state index contributed by atoms with van der Waals surface area (Å²) in [5, 5.41) is 0. The lowest BCUT2D eigenvalue weighted by Gasteiger charge is -2.25. The minimum Gasteiger partial charge on any atom is -0.468 e. The lowest BCUT2D eigenvalue weighted by atomic mass is 10.2. The third kappa shape index (κ3) is 4.81. The van der Waals surface area contributed by atoms with E-state index < -0.39 is 10.0 Å². The molecule has 26 heavy (non-hydrogen) atoms. The Morgan fingerprint density at radius 1 is 1.15 bits per heavy atom. The van der Waals surface area contributed by atoms with Crippen LogP contribution in [0.15, 0.2) is 58.1 Å². The van der Waals surface area contributed by atoms with Crippen molar-refractivity contribution in [1.82, 2.24) is 9.62 Å². The summed E-state index contributed by atoms with van der Waals surface area (Å²) in [6, 6.07) is 9.71. The molecular weight excluding hydrogens is 356 g/mol. The fourth-order valence-corrected chi connectivity index (χ4v) is 3.47. The number of nitrogens with one attached hydrogen (secondary N) is 1. The molecule has 138 valence electrons. The van der Waals surface area contributed by atoms with Gasteiger partial charge >= 0.3 is 0 Å². The van der Waals surface area contributed by atoms with Crippen molar-refractivity contribution >= 4 is 22.0 Å². The summed E-state index contributed by atoms with van der Waals surface area (Å²) in [4.78, 5) is 13.9. The lowest BCUT2D eigenvalue weighted by Crippen LogP contribution is -2.39. The first kappa shape index (κ1) is 18.4. The van der Waals surface area contributed by atoms with E-state index in [0.29, 0.717) is 32.1 Å². The van der Waals surface area contributed by atoms with Crippen LogP contribution in [0.5, 0.6) is 0 Å². The molecule has 0 saturated carbocycles. The van der Waals surface area contributed by atoms with Gasteiger partial charge in [0, 0.05) is 19.2 Å². The van der Waals surface area contributed by atoms with Crippen LogP contribution in [0.4, 0.5) is 0 Å². The van der Waals surface area contributed by atoms with E-state index in [1.807, 2.05) is 0 Å². The van der Waals surface area contributed by atoms with Gasteiger partial charge in [-0.3, -0.25) is 4.79 Å². The van der Waals surface area contributed by atoms with Gasteiger partial charge in [0.15, 0.2) is 0 Å². The molecule has 2 aromatic rings. The summed E-state index contributed by atoms with van der Waals surface area (Å²) in [6.45, 7) is 2.36. The van der Waals surface area contributed by atoms with Gasteiger partial charge in [0.1, 0.15) is 5.76 Å². The summed E-state index contributed by atoms with van der Waals surface area (Å²) < 4.78 is 37.3. The van der Waals surface area contributed by atoms with Crippen molar-refractivity contribution in [3.8, 4) is 0 Å². The molecule has 1 saturated heterocycles. The highest BCUT2D eigenvalue weighted by Gasteiger charge is 2.15. The molecule has 0 unspecified atom stereocenters. The molecule has 1 aliphatic rings. The van der Waals surface area contributed by atoms with E-state index in [0.717, 1.165) is 5.56 Å². The minimum absolute atomic E-state index is 0.0786. The number of furan rings is 1. The quantitative estimate of drug-likeness (QED) is 0.774. The van der Waals surface area contributed by atoms with Crippen molar-refractivity contribution in [2.75, 3.05) is 26.3 Å². The Kier molecular flexibility index (Phi) is 5.87. The zero-order valence-electron chi connectivity index (χ0n) is 14.1. The maximum Gasteiger partial charge on any atom is 0.246 e. The maximum absolute atomic E-state index is 12.3. The van der Waals surface area contributed by atoms with Crippen LogP contribution in [-0.2, 0) is 26.1 Å². The van der Waals surface area contributed by atoms with Crippen LogP contribution in [-0.4, -0.2) is 45.5 Å². The predicted molar refractivity (Wildman–Crippen MR) is 95.6 cm³/mol. The second-order valence-electron chi connectivity index (χ2n) is 5.74. The third-order valence-electron chi connectivity index (χ3n) is 3.95. The standard InChI is InChI=1S/C18H20N2O5S/c21-18(20-9-12-24-13-10-20)8-5-15-3-6-17(7-4-15)26(22,23)19-14-16-2-1-11-25-16/h1-8,11,19H,9-10,12-14H2/b8-5+. The van der Waals surface area contributed by atoms with Crippen LogP contribution in [0.25, 0.3) is 6.08 Å². The van der Waals surface area contributed by atoms with Gasteiger partial charge in [-0.25, -0.2) is 13.1 Å². The number of rotatable bonds is 6. The summed E-state index contributed by atoms with van der Waals surface area (Å²) in [7, 11) is -3.62. The van der Waals surface area contributed by atoms with Crippen molar-refractivity contribution in [2.45, 2.75) is 11.4 Å². The second-order valence-corrected chi connectivity index (χ2v) is 7.51. The smallest absolute Gasteiger partial charge is 0.246 e. The summed E-state index contributed by atoms with van der Waals surface area (Å²) in [6.07, 6.45) is 4.65. The predicted octanol–water partition coefficient (Wildman–Crippen LogP) is 1.63. The van der Waals surface area contributed by atoms with E-state index in [2.05, 4.69) is 4.72 Å². The number of amides is 1. The molecule has 0 aliphatic carbocycles. The van der Waals surface area contributed by atoms with E-state index in [-0.39, 0.29) is 17.3 Å². The first-order valence-electron chi connectivity index (χ1n) is 8.21. The number of sulfonamides is 1. The first-order chi connectivity index (χ1) is 12.5. The van der Waals surface area contributed by atoms with Crippen molar-refractivity contribution < 1.29 is 22.4 Å². The number of nitrogens with zero attached hydrogens (tertiary/aromatic N) is 1. The number of hydrogen-bond acceptors (Lipinski definition) is 5. The first-order valence-corrected chi connectivity index (χ1v) is 9.70. The fraction of sp³-hybridized carbons (Fsp3) is 0.278. The highest BCUT2D eigenvalue weighted by Crippen LogP contribution is 2.13. The molecule has 0 atom stereocenters. The zero-order valence-corrected chi connectivity index (χ0v) is 14.9. The summed E-state index contributed by atoms with van der Waals surface area (Å²) >= 11 is 0. The van der Waals surface area contributed by atoms with E-state index in [4.69, 9.17) is 9.15 Å². The van der Waals surface area contributed by atoms with E-state index >= 15 is 0 Å². The molecule has 0 radical (unpaired) electrons. The molecule has 1 aromatic heterocycles. The topological polar surface area (TPSA) is 88.8 Å². The van der Waals surface area contributed by atoms with Gasteiger partial charge < -0.3 is 14.1 Å². The number of benzene rings is 1. The van der Waals surface area contributed by atoms with Crippen LogP contribution in [0, 0.1) is 0 Å². The van der Waals surface area contributed by atoms with Gasteiger partial charge in [0.2, 0.25) is 15.9 Å². The Labute approximate surface area is 152 Å². The molecular formula is C18H20N2O5S. The average molecular weight is 376 g/mol. The Morgan fingerprint density at radius 3 is 2.54 bits per heavy atom. The third-order valence-corrected chi connectivity index (χ3v) is 5.37. The van der Waals surface area contributed by atoms with E-state index in [1.165, 1.54) is 24.5 Å². The molecule has 0 spiro atoms. The van der Waals surface area contributed by atoms with Gasteiger partial charge in [0.05, 0.1) is 30.9 Å². The number of carbonyl (C=O) groups is 1. The highest BCUT2D eigenvalue weighted by molar-refractivity contribution is 7.89. The summed E-state index contributed by atoms with van der Waals surface area (Å²) in [5.74, 6) is 0.458. The normalized spacial score (nSPS) is 15.5. The molecule has 7 nitrogen and oxygen atoms in total. The van der Waals surface area contributed by atoms with Crippen LogP contribution in [0.3, 0.4) is 0 Å². The molecule has 1 aliphatic heterocycles. The van der Waals surface area contributed by atoms with Crippen molar-refractivity contribution in [1.29, 1.82) is 0 Å². The molecule has 1 N–H and O–H groups in total. The Morgan fingerprint density at radius 2 is 1.88 bits per heavy atom. The van der Waals surface area contributed by atoms with Gasteiger partial charge in [-0.05, 0) is 35.9 Å². The molecule has 2 heterocycles. The monoisotopic (exact) mass is 376 g/mol. The Hall–Kier alpha value is -2.42. The lowest BCUT2D eigenvalue weighted by molar-refractivity contribution is -0.129. The number of hydrogen-bond donors (Lipinski definition) is 1. The Bertz CT molecular complexity index is 851. The maximum atomic E-state index is 12.3. The molecule has 8 heteroatoms.